The molecule has 174 valence electrons. The van der Waals surface area contributed by atoms with Crippen LogP contribution in [0.1, 0.15) is 73.7 Å². The summed E-state index contributed by atoms with van der Waals surface area (Å²) >= 11 is 0. The highest BCUT2D eigenvalue weighted by molar-refractivity contribution is 5.94. The molecule has 2 amide bonds. The zero-order valence-electron chi connectivity index (χ0n) is 18.3. The maximum absolute atomic E-state index is 12.9. The van der Waals surface area contributed by atoms with Crippen LogP contribution in [0.4, 0.5) is 13.2 Å². The van der Waals surface area contributed by atoms with Crippen LogP contribution in [0.2, 0.25) is 0 Å². The SMILES string of the molecule is O=C(CC12CC3CC(CC(C3)C1)C2)NC1CCN(C(=O)c2ccc(C(F)(F)F)cc2)CC1. The molecule has 1 heterocycles. The Morgan fingerprint density at radius 3 is 1.97 bits per heavy atom. The van der Waals surface area contributed by atoms with E-state index in [0.717, 1.165) is 29.9 Å². The molecular weight excluding hydrogens is 417 g/mol. The minimum absolute atomic E-state index is 0.0630. The van der Waals surface area contributed by atoms with E-state index in [-0.39, 0.29) is 28.8 Å². The Bertz CT molecular complexity index is 837. The van der Waals surface area contributed by atoms with E-state index in [1.807, 2.05) is 0 Å². The Kier molecular flexibility index (Phi) is 5.49. The van der Waals surface area contributed by atoms with Crippen LogP contribution in [-0.4, -0.2) is 35.8 Å². The number of carbonyl (C=O) groups excluding carboxylic acids is 2. The lowest BCUT2D eigenvalue weighted by Crippen LogP contribution is -2.50. The van der Waals surface area contributed by atoms with E-state index >= 15 is 0 Å². The number of hydrogen-bond acceptors (Lipinski definition) is 2. The lowest BCUT2D eigenvalue weighted by molar-refractivity contribution is -0.137. The summed E-state index contributed by atoms with van der Waals surface area (Å²) in [5, 5.41) is 3.22. The molecule has 0 radical (unpaired) electrons. The number of amides is 2. The van der Waals surface area contributed by atoms with E-state index in [2.05, 4.69) is 5.32 Å². The van der Waals surface area contributed by atoms with Crippen molar-refractivity contribution in [2.24, 2.45) is 23.2 Å². The third kappa shape index (κ3) is 4.40. The molecule has 4 saturated carbocycles. The third-order valence-corrected chi connectivity index (χ3v) is 8.31. The smallest absolute Gasteiger partial charge is 0.353 e. The Hall–Kier alpha value is -2.05. The minimum Gasteiger partial charge on any atom is -0.353 e. The second-order valence-electron chi connectivity index (χ2n) is 10.8. The molecule has 7 heteroatoms. The van der Waals surface area contributed by atoms with Crippen molar-refractivity contribution in [2.75, 3.05) is 13.1 Å². The normalized spacial score (nSPS) is 32.2. The first-order valence-corrected chi connectivity index (χ1v) is 11.9. The number of carbonyl (C=O) groups is 2. The number of halogens is 3. The van der Waals surface area contributed by atoms with Gasteiger partial charge in [0.1, 0.15) is 0 Å². The second kappa shape index (κ2) is 8.07. The first-order valence-electron chi connectivity index (χ1n) is 11.9. The maximum atomic E-state index is 12.9. The van der Waals surface area contributed by atoms with Crippen LogP contribution in [0.5, 0.6) is 0 Å². The van der Waals surface area contributed by atoms with Gasteiger partial charge in [-0.15, -0.1) is 0 Å². The maximum Gasteiger partial charge on any atom is 0.416 e. The topological polar surface area (TPSA) is 49.4 Å². The van der Waals surface area contributed by atoms with E-state index in [1.165, 1.54) is 50.7 Å². The molecule has 1 aromatic carbocycles. The first-order chi connectivity index (χ1) is 15.2. The predicted octanol–water partition coefficient (Wildman–Crippen LogP) is 5.03. The van der Waals surface area contributed by atoms with E-state index in [0.29, 0.717) is 32.4 Å². The lowest BCUT2D eigenvalue weighted by atomic mass is 9.49. The second-order valence-corrected chi connectivity index (χ2v) is 10.8. The minimum atomic E-state index is -4.41. The molecule has 1 aliphatic heterocycles. The van der Waals surface area contributed by atoms with Crippen LogP contribution in [0.15, 0.2) is 24.3 Å². The van der Waals surface area contributed by atoms with Gasteiger partial charge < -0.3 is 10.2 Å². The van der Waals surface area contributed by atoms with E-state index in [4.69, 9.17) is 0 Å². The Balaban J connectivity index is 1.11. The molecule has 4 bridgehead atoms. The molecule has 0 spiro atoms. The quantitative estimate of drug-likeness (QED) is 0.702. The fraction of sp³-hybridized carbons (Fsp3) is 0.680. The van der Waals surface area contributed by atoms with Crippen LogP contribution >= 0.6 is 0 Å². The van der Waals surface area contributed by atoms with Gasteiger partial charge in [0.25, 0.3) is 5.91 Å². The summed E-state index contributed by atoms with van der Waals surface area (Å²) in [6, 6.07) is 4.44. The number of nitrogens with one attached hydrogen (secondary N) is 1. The summed E-state index contributed by atoms with van der Waals surface area (Å²) in [4.78, 5) is 27.2. The largest absolute Gasteiger partial charge is 0.416 e. The van der Waals surface area contributed by atoms with Crippen LogP contribution in [0.3, 0.4) is 0 Å². The van der Waals surface area contributed by atoms with Crippen molar-refractivity contribution in [1.29, 1.82) is 0 Å². The monoisotopic (exact) mass is 448 g/mol. The van der Waals surface area contributed by atoms with Gasteiger partial charge in [0, 0.05) is 31.1 Å². The summed E-state index contributed by atoms with van der Waals surface area (Å²) in [5.41, 5.74) is -0.269. The standard InChI is InChI=1S/C25H31F3N2O2/c26-25(27,28)20-3-1-19(2-4-20)23(32)30-7-5-21(6-8-30)29-22(31)15-24-12-16-9-17(13-24)11-18(10-16)14-24/h1-4,16-18,21H,5-15H2,(H,29,31). The van der Waals surface area contributed by atoms with Crippen LogP contribution in [-0.2, 0) is 11.0 Å². The van der Waals surface area contributed by atoms with Gasteiger partial charge in [-0.2, -0.15) is 13.2 Å². The van der Waals surface area contributed by atoms with Crippen molar-refractivity contribution in [3.8, 4) is 0 Å². The van der Waals surface area contributed by atoms with Crippen molar-refractivity contribution in [2.45, 2.75) is 70.0 Å². The third-order valence-electron chi connectivity index (χ3n) is 8.31. The molecule has 5 fully saturated rings. The molecule has 4 aliphatic carbocycles. The number of likely N-dealkylation sites (tertiary alicyclic amines) is 1. The van der Waals surface area contributed by atoms with Gasteiger partial charge in [0.2, 0.25) is 5.91 Å². The summed E-state index contributed by atoms with van der Waals surface area (Å²) in [5.74, 6) is 2.38. The average molecular weight is 449 g/mol. The summed E-state index contributed by atoms with van der Waals surface area (Å²) in [7, 11) is 0. The molecule has 32 heavy (non-hydrogen) atoms. The van der Waals surface area contributed by atoms with E-state index < -0.39 is 11.7 Å². The molecule has 1 N–H and O–H groups in total. The number of benzene rings is 1. The zero-order chi connectivity index (χ0) is 22.5. The molecule has 6 rings (SSSR count). The lowest BCUT2D eigenvalue weighted by Gasteiger charge is -2.56. The van der Waals surface area contributed by atoms with Crippen molar-refractivity contribution in [3.63, 3.8) is 0 Å². The van der Waals surface area contributed by atoms with Gasteiger partial charge in [0.15, 0.2) is 0 Å². The Labute approximate surface area is 186 Å². The molecular formula is C25H31F3N2O2. The molecule has 0 atom stereocenters. The first kappa shape index (κ1) is 21.8. The highest BCUT2D eigenvalue weighted by Crippen LogP contribution is 2.61. The molecule has 1 aromatic rings. The molecule has 4 nitrogen and oxygen atoms in total. The van der Waals surface area contributed by atoms with Crippen molar-refractivity contribution < 1.29 is 22.8 Å². The molecule has 5 aliphatic rings. The Morgan fingerprint density at radius 1 is 0.938 bits per heavy atom. The van der Waals surface area contributed by atoms with Crippen LogP contribution in [0, 0.1) is 23.2 Å². The summed E-state index contributed by atoms with van der Waals surface area (Å²) in [6.07, 6.45) is 5.34. The predicted molar refractivity (Wildman–Crippen MR) is 114 cm³/mol. The fourth-order valence-corrected chi connectivity index (χ4v) is 7.34. The van der Waals surface area contributed by atoms with Crippen LogP contribution in [0.25, 0.3) is 0 Å². The van der Waals surface area contributed by atoms with Gasteiger partial charge in [-0.3, -0.25) is 9.59 Å². The van der Waals surface area contributed by atoms with Gasteiger partial charge in [0.05, 0.1) is 5.56 Å². The summed E-state index contributed by atoms with van der Waals surface area (Å²) in [6.45, 7) is 1.00. The molecule has 0 aromatic heterocycles. The molecule has 1 saturated heterocycles. The highest BCUT2D eigenvalue weighted by Gasteiger charge is 2.51. The summed E-state index contributed by atoms with van der Waals surface area (Å²) < 4.78 is 38.2. The number of rotatable bonds is 4. The molecule has 0 unspecified atom stereocenters. The van der Waals surface area contributed by atoms with Gasteiger partial charge in [-0.05, 0) is 98.8 Å². The van der Waals surface area contributed by atoms with Gasteiger partial charge in [-0.25, -0.2) is 0 Å². The average Bonchev–Trinajstić information content (AvgIpc) is 2.72. The number of piperidine rings is 1. The van der Waals surface area contributed by atoms with E-state index in [1.54, 1.807) is 4.90 Å². The van der Waals surface area contributed by atoms with E-state index in [9.17, 15) is 22.8 Å². The number of hydrogen-bond donors (Lipinski definition) is 1. The fourth-order valence-electron chi connectivity index (χ4n) is 7.34. The van der Waals surface area contributed by atoms with Crippen molar-refractivity contribution in [3.05, 3.63) is 35.4 Å². The van der Waals surface area contributed by atoms with Crippen LogP contribution < -0.4 is 5.32 Å². The van der Waals surface area contributed by atoms with Crippen molar-refractivity contribution in [1.82, 2.24) is 10.2 Å². The number of nitrogens with zero attached hydrogens (tertiary/aromatic N) is 1. The van der Waals surface area contributed by atoms with Gasteiger partial charge in [-0.1, -0.05) is 0 Å². The van der Waals surface area contributed by atoms with Crippen molar-refractivity contribution >= 4 is 11.8 Å². The Morgan fingerprint density at radius 2 is 1.47 bits per heavy atom. The van der Waals surface area contributed by atoms with Gasteiger partial charge >= 0.3 is 6.18 Å². The number of alkyl halides is 3. The highest BCUT2D eigenvalue weighted by atomic mass is 19.4. The zero-order valence-corrected chi connectivity index (χ0v) is 18.3.